The van der Waals surface area contributed by atoms with E-state index < -0.39 is 17.9 Å². The summed E-state index contributed by atoms with van der Waals surface area (Å²) in [5.41, 5.74) is 6.60. The van der Waals surface area contributed by atoms with Crippen LogP contribution in [-0.2, 0) is 6.54 Å². The smallest absolute Gasteiger partial charge is 0.389 e. The SMILES string of the molecule is NC(=S)c1cc(F)ccc1CN1CCCC(C(F)(F)F)C1. The number of piperidine rings is 1. The zero-order valence-corrected chi connectivity index (χ0v) is 12.1. The quantitative estimate of drug-likeness (QED) is 0.685. The lowest BCUT2D eigenvalue weighted by atomic mass is 9.96. The van der Waals surface area contributed by atoms with Gasteiger partial charge >= 0.3 is 6.18 Å². The van der Waals surface area contributed by atoms with E-state index in [0.29, 0.717) is 30.6 Å². The van der Waals surface area contributed by atoms with Gasteiger partial charge in [0.1, 0.15) is 10.8 Å². The molecule has 1 atom stereocenters. The van der Waals surface area contributed by atoms with E-state index in [0.717, 1.165) is 0 Å². The molecule has 1 unspecified atom stereocenters. The average molecular weight is 320 g/mol. The number of benzene rings is 1. The predicted molar refractivity (Wildman–Crippen MR) is 76.3 cm³/mol. The van der Waals surface area contributed by atoms with Crippen molar-refractivity contribution in [3.63, 3.8) is 0 Å². The number of rotatable bonds is 3. The van der Waals surface area contributed by atoms with Gasteiger partial charge in [0.05, 0.1) is 5.92 Å². The molecule has 0 bridgehead atoms. The molecule has 2 rings (SSSR count). The van der Waals surface area contributed by atoms with Crippen molar-refractivity contribution in [2.24, 2.45) is 11.7 Å². The minimum Gasteiger partial charge on any atom is -0.389 e. The summed E-state index contributed by atoms with van der Waals surface area (Å²) in [6.45, 7) is 0.831. The Labute approximate surface area is 125 Å². The van der Waals surface area contributed by atoms with E-state index >= 15 is 0 Å². The second kappa shape index (κ2) is 6.27. The molecule has 1 aromatic carbocycles. The first-order chi connectivity index (χ1) is 9.77. The first kappa shape index (κ1) is 16.2. The minimum atomic E-state index is -4.17. The molecule has 1 saturated heterocycles. The third kappa shape index (κ3) is 4.14. The van der Waals surface area contributed by atoms with Gasteiger partial charge in [-0.25, -0.2) is 4.39 Å². The van der Waals surface area contributed by atoms with Gasteiger partial charge in [0.15, 0.2) is 0 Å². The van der Waals surface area contributed by atoms with Crippen LogP contribution in [-0.4, -0.2) is 29.2 Å². The zero-order chi connectivity index (χ0) is 15.6. The van der Waals surface area contributed by atoms with Crippen LogP contribution in [0.2, 0.25) is 0 Å². The fraction of sp³-hybridized carbons (Fsp3) is 0.500. The summed E-state index contributed by atoms with van der Waals surface area (Å²) in [5, 5.41) is 0. The van der Waals surface area contributed by atoms with Gasteiger partial charge in [-0.1, -0.05) is 18.3 Å². The number of halogens is 4. The second-order valence-electron chi connectivity index (χ2n) is 5.28. The van der Waals surface area contributed by atoms with Crippen molar-refractivity contribution in [2.45, 2.75) is 25.6 Å². The molecular weight excluding hydrogens is 304 g/mol. The molecule has 2 N–H and O–H groups in total. The fourth-order valence-corrected chi connectivity index (χ4v) is 2.81. The summed E-state index contributed by atoms with van der Waals surface area (Å²) in [7, 11) is 0. The van der Waals surface area contributed by atoms with Gasteiger partial charge in [0.2, 0.25) is 0 Å². The van der Waals surface area contributed by atoms with E-state index in [-0.39, 0.29) is 18.0 Å². The standard InChI is InChI=1S/C14H16F4N2S/c15-11-4-3-9(12(6-11)13(19)21)7-20-5-1-2-10(8-20)14(16,17)18/h3-4,6,10H,1-2,5,7-8H2,(H2,19,21). The van der Waals surface area contributed by atoms with Gasteiger partial charge in [0.25, 0.3) is 0 Å². The monoisotopic (exact) mass is 320 g/mol. The minimum absolute atomic E-state index is 0.0440. The normalized spacial score (nSPS) is 20.5. The van der Waals surface area contributed by atoms with Gasteiger partial charge in [-0.2, -0.15) is 13.2 Å². The maximum atomic E-state index is 13.2. The summed E-state index contributed by atoms with van der Waals surface area (Å²) >= 11 is 4.87. The number of hydrogen-bond acceptors (Lipinski definition) is 2. The van der Waals surface area contributed by atoms with Crippen molar-refractivity contribution < 1.29 is 17.6 Å². The number of hydrogen-bond donors (Lipinski definition) is 1. The molecule has 0 radical (unpaired) electrons. The molecule has 21 heavy (non-hydrogen) atoms. The maximum Gasteiger partial charge on any atom is 0.393 e. The lowest BCUT2D eigenvalue weighted by Gasteiger charge is -2.34. The Kier molecular flexibility index (Phi) is 4.83. The van der Waals surface area contributed by atoms with Crippen LogP contribution in [0.1, 0.15) is 24.0 Å². The summed E-state index contributed by atoms with van der Waals surface area (Å²) in [6.07, 6.45) is -3.52. The van der Waals surface area contributed by atoms with Crippen molar-refractivity contribution in [3.8, 4) is 0 Å². The summed E-state index contributed by atoms with van der Waals surface area (Å²) < 4.78 is 51.6. The van der Waals surface area contributed by atoms with Crippen LogP contribution in [0.4, 0.5) is 17.6 Å². The third-order valence-electron chi connectivity index (χ3n) is 3.70. The Balaban J connectivity index is 2.13. The molecule has 2 nitrogen and oxygen atoms in total. The Morgan fingerprint density at radius 2 is 2.10 bits per heavy atom. The molecule has 0 amide bonds. The first-order valence-electron chi connectivity index (χ1n) is 6.64. The van der Waals surface area contributed by atoms with Crippen molar-refractivity contribution in [1.82, 2.24) is 4.90 Å². The Bertz CT molecular complexity index is 530. The fourth-order valence-electron chi connectivity index (χ4n) is 2.62. The van der Waals surface area contributed by atoms with E-state index in [4.69, 9.17) is 18.0 Å². The molecule has 1 heterocycles. The molecule has 1 aromatic rings. The highest BCUT2D eigenvalue weighted by Gasteiger charge is 2.41. The van der Waals surface area contributed by atoms with Crippen molar-refractivity contribution in [3.05, 3.63) is 35.1 Å². The zero-order valence-electron chi connectivity index (χ0n) is 11.3. The van der Waals surface area contributed by atoms with Crippen LogP contribution < -0.4 is 5.73 Å². The Morgan fingerprint density at radius 3 is 2.71 bits per heavy atom. The largest absolute Gasteiger partial charge is 0.393 e. The van der Waals surface area contributed by atoms with Crippen molar-refractivity contribution in [2.75, 3.05) is 13.1 Å². The molecule has 0 aliphatic carbocycles. The molecule has 0 spiro atoms. The number of nitrogens with zero attached hydrogens (tertiary/aromatic N) is 1. The van der Waals surface area contributed by atoms with Crippen LogP contribution in [0.25, 0.3) is 0 Å². The van der Waals surface area contributed by atoms with E-state index in [9.17, 15) is 17.6 Å². The van der Waals surface area contributed by atoms with E-state index in [2.05, 4.69) is 0 Å². The maximum absolute atomic E-state index is 13.2. The topological polar surface area (TPSA) is 29.3 Å². The summed E-state index contributed by atoms with van der Waals surface area (Å²) in [4.78, 5) is 1.77. The molecule has 0 saturated carbocycles. The van der Waals surface area contributed by atoms with Crippen molar-refractivity contribution in [1.29, 1.82) is 0 Å². The molecule has 0 aromatic heterocycles. The second-order valence-corrected chi connectivity index (χ2v) is 5.72. The molecule has 116 valence electrons. The van der Waals surface area contributed by atoms with Crippen LogP contribution in [0, 0.1) is 11.7 Å². The van der Waals surface area contributed by atoms with Gasteiger partial charge in [-0.15, -0.1) is 0 Å². The van der Waals surface area contributed by atoms with Gasteiger partial charge in [-0.05, 0) is 37.1 Å². The van der Waals surface area contributed by atoms with Crippen LogP contribution in [0.15, 0.2) is 18.2 Å². The van der Waals surface area contributed by atoms with Gasteiger partial charge < -0.3 is 5.73 Å². The van der Waals surface area contributed by atoms with Gasteiger partial charge in [0, 0.05) is 18.7 Å². The molecule has 7 heteroatoms. The van der Waals surface area contributed by atoms with E-state index in [1.807, 2.05) is 0 Å². The predicted octanol–water partition coefficient (Wildman–Crippen LogP) is 3.23. The van der Waals surface area contributed by atoms with E-state index in [1.165, 1.54) is 18.2 Å². The summed E-state index contributed by atoms with van der Waals surface area (Å²) in [6, 6.07) is 4.02. The molecule has 1 aliphatic rings. The molecular formula is C14H16F4N2S. The summed E-state index contributed by atoms with van der Waals surface area (Å²) in [5.74, 6) is -1.77. The lowest BCUT2D eigenvalue weighted by molar-refractivity contribution is -0.187. The van der Waals surface area contributed by atoms with E-state index in [1.54, 1.807) is 4.90 Å². The van der Waals surface area contributed by atoms with Crippen molar-refractivity contribution >= 4 is 17.2 Å². The molecule has 1 fully saturated rings. The number of likely N-dealkylation sites (tertiary alicyclic amines) is 1. The molecule has 1 aliphatic heterocycles. The first-order valence-corrected chi connectivity index (χ1v) is 7.05. The highest BCUT2D eigenvalue weighted by molar-refractivity contribution is 7.80. The number of alkyl halides is 3. The van der Waals surface area contributed by atoms with Crippen LogP contribution >= 0.6 is 12.2 Å². The number of nitrogens with two attached hydrogens (primary N) is 1. The number of thiocarbonyl (C=S) groups is 1. The lowest BCUT2D eigenvalue weighted by Crippen LogP contribution is -2.41. The van der Waals surface area contributed by atoms with Crippen LogP contribution in [0.5, 0.6) is 0 Å². The Morgan fingerprint density at radius 1 is 1.38 bits per heavy atom. The highest BCUT2D eigenvalue weighted by Crippen LogP contribution is 2.33. The third-order valence-corrected chi connectivity index (χ3v) is 3.92. The average Bonchev–Trinajstić information content (AvgIpc) is 2.40. The highest BCUT2D eigenvalue weighted by atomic mass is 32.1. The Hall–Kier alpha value is -1.21. The van der Waals surface area contributed by atoms with Gasteiger partial charge in [-0.3, -0.25) is 4.90 Å². The van der Waals surface area contributed by atoms with Crippen LogP contribution in [0.3, 0.4) is 0 Å².